The summed E-state index contributed by atoms with van der Waals surface area (Å²) < 4.78 is 26.6. The third-order valence-electron chi connectivity index (χ3n) is 4.88. The number of hydrogen-bond acceptors (Lipinski definition) is 3. The van der Waals surface area contributed by atoms with Gasteiger partial charge in [-0.1, -0.05) is 59.7 Å². The van der Waals surface area contributed by atoms with Crippen molar-refractivity contribution in [1.29, 1.82) is 0 Å². The Balaban J connectivity index is 2.03. The second kappa shape index (κ2) is 6.85. The minimum absolute atomic E-state index is 0.178. The number of aryl methyl sites for hydroxylation is 3. The first kappa shape index (κ1) is 18.3. The number of rotatable bonds is 3. The molecule has 0 amide bonds. The maximum atomic E-state index is 14.7. The predicted molar refractivity (Wildman–Crippen MR) is 114 cm³/mol. The van der Waals surface area contributed by atoms with Gasteiger partial charge in [0.1, 0.15) is 0 Å². The molecular formula is C22H20BrO3P. The molecular weight excluding hydrogens is 423 g/mol. The van der Waals surface area contributed by atoms with Crippen molar-refractivity contribution in [3.05, 3.63) is 75.8 Å². The number of hydrogen-bond donors (Lipinski definition) is 0. The van der Waals surface area contributed by atoms with E-state index in [9.17, 15) is 4.57 Å². The van der Waals surface area contributed by atoms with Crippen molar-refractivity contribution in [1.82, 2.24) is 0 Å². The van der Waals surface area contributed by atoms with Crippen LogP contribution in [0.3, 0.4) is 0 Å². The van der Waals surface area contributed by atoms with Gasteiger partial charge >= 0.3 is 0 Å². The highest BCUT2D eigenvalue weighted by molar-refractivity contribution is 9.10. The lowest BCUT2D eigenvalue weighted by molar-refractivity contribution is 0.173. The van der Waals surface area contributed by atoms with Crippen LogP contribution in [0.2, 0.25) is 0 Å². The molecule has 0 radical (unpaired) electrons. The van der Waals surface area contributed by atoms with Gasteiger partial charge in [-0.05, 0) is 48.3 Å². The minimum atomic E-state index is -3.10. The number of fused-ring (bicyclic) bond motifs is 1. The van der Waals surface area contributed by atoms with Gasteiger partial charge in [0, 0.05) is 15.9 Å². The molecule has 0 saturated carbocycles. The van der Waals surface area contributed by atoms with Crippen LogP contribution in [0.25, 0.3) is 0 Å². The van der Waals surface area contributed by atoms with E-state index < -0.39 is 7.14 Å². The molecule has 138 valence electrons. The van der Waals surface area contributed by atoms with Crippen molar-refractivity contribution in [3.63, 3.8) is 0 Å². The summed E-state index contributed by atoms with van der Waals surface area (Å²) >= 11 is 3.65. The summed E-state index contributed by atoms with van der Waals surface area (Å²) in [6.07, 6.45) is 0. The van der Waals surface area contributed by atoms with Crippen molar-refractivity contribution in [2.75, 3.05) is 6.79 Å². The van der Waals surface area contributed by atoms with E-state index in [0.29, 0.717) is 16.0 Å². The molecule has 0 aromatic heterocycles. The van der Waals surface area contributed by atoms with E-state index in [-0.39, 0.29) is 6.79 Å². The first-order chi connectivity index (χ1) is 12.9. The zero-order valence-corrected chi connectivity index (χ0v) is 17.9. The summed E-state index contributed by atoms with van der Waals surface area (Å²) in [5.74, 6) is 1.34. The van der Waals surface area contributed by atoms with Gasteiger partial charge < -0.3 is 14.0 Å². The average Bonchev–Trinajstić information content (AvgIpc) is 3.16. The van der Waals surface area contributed by atoms with Crippen LogP contribution in [-0.2, 0) is 4.57 Å². The largest absolute Gasteiger partial charge is 0.453 e. The van der Waals surface area contributed by atoms with Crippen molar-refractivity contribution in [2.24, 2.45) is 0 Å². The Hall–Kier alpha value is -2.03. The van der Waals surface area contributed by atoms with Gasteiger partial charge in [-0.25, -0.2) is 0 Å². The highest BCUT2D eigenvalue weighted by atomic mass is 79.9. The Morgan fingerprint density at radius 3 is 1.81 bits per heavy atom. The summed E-state index contributed by atoms with van der Waals surface area (Å²) in [5.41, 5.74) is 3.19. The first-order valence-corrected chi connectivity index (χ1v) is 11.2. The van der Waals surface area contributed by atoms with Crippen LogP contribution in [0, 0.1) is 20.8 Å². The Kier molecular flexibility index (Phi) is 4.65. The molecule has 5 heteroatoms. The fourth-order valence-corrected chi connectivity index (χ4v) is 7.25. The molecule has 0 atom stereocenters. The summed E-state index contributed by atoms with van der Waals surface area (Å²) in [7, 11) is -3.10. The van der Waals surface area contributed by atoms with Crippen molar-refractivity contribution >= 4 is 39.0 Å². The zero-order chi connectivity index (χ0) is 19.2. The molecule has 3 nitrogen and oxygen atoms in total. The van der Waals surface area contributed by atoms with E-state index in [2.05, 4.69) is 15.9 Å². The Labute approximate surface area is 167 Å². The van der Waals surface area contributed by atoms with Gasteiger partial charge in [0.05, 0.1) is 4.47 Å². The normalized spacial score (nSPS) is 13.0. The van der Waals surface area contributed by atoms with Gasteiger partial charge in [-0.15, -0.1) is 0 Å². The van der Waals surface area contributed by atoms with Crippen molar-refractivity contribution < 1.29 is 14.0 Å². The van der Waals surface area contributed by atoms with Gasteiger partial charge in [-0.3, -0.25) is 0 Å². The summed E-state index contributed by atoms with van der Waals surface area (Å²) in [6, 6.07) is 17.8. The zero-order valence-electron chi connectivity index (χ0n) is 15.5. The molecule has 1 aliphatic heterocycles. The van der Waals surface area contributed by atoms with Crippen LogP contribution in [-0.4, -0.2) is 6.79 Å². The molecule has 0 unspecified atom stereocenters. The Bertz CT molecular complexity index is 1010. The number of ether oxygens (including phenoxy) is 2. The lowest BCUT2D eigenvalue weighted by atomic mass is 10.2. The highest BCUT2D eigenvalue weighted by Crippen LogP contribution is 2.50. The maximum absolute atomic E-state index is 14.7. The summed E-state index contributed by atoms with van der Waals surface area (Å²) in [6.45, 7) is 6.19. The second-order valence-corrected chi connectivity index (χ2v) is 10.4. The van der Waals surface area contributed by atoms with E-state index in [1.807, 2.05) is 75.4 Å². The topological polar surface area (TPSA) is 35.5 Å². The second-order valence-electron chi connectivity index (χ2n) is 6.87. The van der Waals surface area contributed by atoms with Crippen LogP contribution in [0.4, 0.5) is 0 Å². The molecule has 0 N–H and O–H groups in total. The van der Waals surface area contributed by atoms with E-state index in [4.69, 9.17) is 9.47 Å². The fourth-order valence-electron chi connectivity index (χ4n) is 3.35. The molecule has 1 heterocycles. The highest BCUT2D eigenvalue weighted by Gasteiger charge is 2.35. The van der Waals surface area contributed by atoms with Gasteiger partial charge in [0.2, 0.25) is 6.79 Å². The molecule has 1 aliphatic rings. The molecule has 4 rings (SSSR count). The maximum Gasteiger partial charge on any atom is 0.231 e. The van der Waals surface area contributed by atoms with Gasteiger partial charge in [-0.2, -0.15) is 0 Å². The summed E-state index contributed by atoms with van der Waals surface area (Å²) in [4.78, 5) is 0. The van der Waals surface area contributed by atoms with E-state index in [1.165, 1.54) is 0 Å². The monoisotopic (exact) mass is 442 g/mol. The minimum Gasteiger partial charge on any atom is -0.453 e. The van der Waals surface area contributed by atoms with Crippen LogP contribution < -0.4 is 25.4 Å². The standard InChI is InChI=1S/C22H20BrO3P/c1-14-4-8-17(9-5-14)27(24,18-10-6-15(2)7-11-18)19-12-16(3)21-22(20(19)23)26-13-25-21/h4-12H,13H2,1-3H3. The molecule has 0 saturated heterocycles. The molecule has 0 bridgehead atoms. The first-order valence-electron chi connectivity index (χ1n) is 8.75. The predicted octanol–water partition coefficient (Wildman–Crippen LogP) is 4.74. The molecule has 27 heavy (non-hydrogen) atoms. The molecule has 3 aromatic rings. The number of benzene rings is 3. The lowest BCUT2D eigenvalue weighted by Crippen LogP contribution is -2.26. The van der Waals surface area contributed by atoms with Crippen LogP contribution in [0.5, 0.6) is 11.5 Å². The smallest absolute Gasteiger partial charge is 0.231 e. The molecule has 0 spiro atoms. The van der Waals surface area contributed by atoms with Crippen LogP contribution in [0.15, 0.2) is 59.1 Å². The SMILES string of the molecule is Cc1ccc(P(=O)(c2ccc(C)cc2)c2cc(C)c3c(c2Br)OCO3)cc1. The Morgan fingerprint density at radius 1 is 0.815 bits per heavy atom. The van der Waals surface area contributed by atoms with E-state index in [1.54, 1.807) is 0 Å². The third kappa shape index (κ3) is 3.01. The van der Waals surface area contributed by atoms with E-state index in [0.717, 1.165) is 32.6 Å². The summed E-state index contributed by atoms with van der Waals surface area (Å²) in [5, 5.41) is 2.34. The molecule has 0 fully saturated rings. The van der Waals surface area contributed by atoms with Crippen LogP contribution >= 0.6 is 23.1 Å². The van der Waals surface area contributed by atoms with Crippen LogP contribution in [0.1, 0.15) is 16.7 Å². The average molecular weight is 443 g/mol. The van der Waals surface area contributed by atoms with Crippen molar-refractivity contribution in [3.8, 4) is 11.5 Å². The molecule has 0 aliphatic carbocycles. The number of halogens is 1. The van der Waals surface area contributed by atoms with Gasteiger partial charge in [0.25, 0.3) is 0 Å². The third-order valence-corrected chi connectivity index (χ3v) is 9.06. The Morgan fingerprint density at radius 2 is 1.30 bits per heavy atom. The quantitative estimate of drug-likeness (QED) is 0.549. The fraction of sp³-hybridized carbons (Fsp3) is 0.182. The lowest BCUT2D eigenvalue weighted by Gasteiger charge is -2.23. The molecule has 3 aromatic carbocycles. The van der Waals surface area contributed by atoms with Gasteiger partial charge in [0.15, 0.2) is 18.6 Å². The van der Waals surface area contributed by atoms with E-state index >= 15 is 0 Å². The van der Waals surface area contributed by atoms with Crippen molar-refractivity contribution in [2.45, 2.75) is 20.8 Å².